The third-order valence-electron chi connectivity index (χ3n) is 17.6. The fraction of sp³-hybridized carbons (Fsp3) is 0.576. The van der Waals surface area contributed by atoms with Crippen LogP contribution in [0, 0.1) is 36.5 Å². The maximum atomic E-state index is 13.3. The van der Waals surface area contributed by atoms with Crippen LogP contribution >= 0.6 is 23.2 Å². The van der Waals surface area contributed by atoms with E-state index in [9.17, 15) is 36.9 Å². The number of ether oxygens (including phenoxy) is 6. The van der Waals surface area contributed by atoms with Gasteiger partial charge < -0.3 is 59.5 Å². The van der Waals surface area contributed by atoms with Crippen molar-refractivity contribution in [1.82, 2.24) is 50.3 Å². The number of aryl methyl sites for hydroxylation is 2. The van der Waals surface area contributed by atoms with Crippen molar-refractivity contribution in [3.63, 3.8) is 0 Å². The Bertz CT molecular complexity index is 3300. The van der Waals surface area contributed by atoms with Crippen molar-refractivity contribution in [2.45, 2.75) is 111 Å². The number of halogens is 2. The van der Waals surface area contributed by atoms with Crippen LogP contribution in [-0.4, -0.2) is 219 Å². The molecule has 0 saturated carbocycles. The predicted molar refractivity (Wildman–Crippen MR) is 359 cm³/mol. The molecule has 0 spiro atoms. The molecule has 24 nitrogen and oxygen atoms in total. The molecule has 2 aliphatic carbocycles. The van der Waals surface area contributed by atoms with E-state index >= 15 is 0 Å². The van der Waals surface area contributed by atoms with Gasteiger partial charge in [0.15, 0.2) is 0 Å². The lowest BCUT2D eigenvalue weighted by molar-refractivity contribution is 0.0377. The number of carbonyl (C=O) groups is 2. The van der Waals surface area contributed by atoms with Gasteiger partial charge >= 0.3 is 12.1 Å². The Kier molecular flexibility index (Phi) is 28.2. The average Bonchev–Trinajstić information content (AvgIpc) is 1.61. The number of hydrogen-bond acceptors (Lipinski definition) is 18. The molecule has 0 radical (unpaired) electrons. The number of unbranched alkanes of at least 4 members (excludes halogenated alkanes) is 1. The van der Waals surface area contributed by atoms with Crippen LogP contribution in [-0.2, 0) is 51.8 Å². The first-order valence-corrected chi connectivity index (χ1v) is 36.0. The van der Waals surface area contributed by atoms with Crippen molar-refractivity contribution in [2.24, 2.45) is 0 Å². The highest BCUT2D eigenvalue weighted by Crippen LogP contribution is 2.45. The monoisotopic (exact) mass is 1380 g/mol. The van der Waals surface area contributed by atoms with Crippen LogP contribution in [0.5, 0.6) is 11.5 Å². The first kappa shape index (κ1) is 73.9. The molecule has 4 aromatic carbocycles. The van der Waals surface area contributed by atoms with Gasteiger partial charge in [-0.2, -0.15) is 10.5 Å². The van der Waals surface area contributed by atoms with Crippen LogP contribution in [0.4, 0.5) is 9.59 Å². The second-order valence-corrected chi connectivity index (χ2v) is 29.0. The lowest BCUT2D eigenvalue weighted by Gasteiger charge is -2.41. The molecule has 28 heteroatoms. The van der Waals surface area contributed by atoms with Gasteiger partial charge in [-0.15, -0.1) is 0 Å². The van der Waals surface area contributed by atoms with E-state index in [2.05, 4.69) is 90.6 Å². The van der Waals surface area contributed by atoms with Crippen molar-refractivity contribution >= 4 is 55.3 Å². The Morgan fingerprint density at radius 1 is 0.543 bits per heavy atom. The van der Waals surface area contributed by atoms with E-state index in [1.807, 2.05) is 26.0 Å². The lowest BCUT2D eigenvalue weighted by atomic mass is 10.0. The smallest absolute Gasteiger partial charge is 0.314 e. The summed E-state index contributed by atoms with van der Waals surface area (Å²) in [4.78, 5) is 34.0. The highest BCUT2D eigenvalue weighted by atomic mass is 35.5. The number of nitrogens with one attached hydrogen (secondary N) is 6. The minimum Gasteiger partial charge on any atom is -0.484 e. The van der Waals surface area contributed by atoms with Gasteiger partial charge in [-0.1, -0.05) is 23.2 Å². The third-order valence-corrected chi connectivity index (χ3v) is 21.0. The largest absolute Gasteiger partial charge is 0.484 e. The molecular formula is C66H92Cl2N12O12S2. The number of hydrogen-bond donors (Lipinski definition) is 6. The van der Waals surface area contributed by atoms with Crippen LogP contribution in [0.2, 0.25) is 10.0 Å². The number of benzene rings is 4. The van der Waals surface area contributed by atoms with Gasteiger partial charge in [-0.25, -0.2) is 35.9 Å². The zero-order valence-corrected chi connectivity index (χ0v) is 57.9. The Morgan fingerprint density at radius 3 is 1.28 bits per heavy atom. The Labute approximate surface area is 564 Å². The van der Waals surface area contributed by atoms with Gasteiger partial charge in [0, 0.05) is 74.5 Å². The normalized spacial score (nSPS) is 19.9. The molecule has 0 aromatic heterocycles. The van der Waals surface area contributed by atoms with Crippen LogP contribution in [0.25, 0.3) is 0 Å². The van der Waals surface area contributed by atoms with Crippen LogP contribution in [0.1, 0.15) is 95.2 Å². The summed E-state index contributed by atoms with van der Waals surface area (Å²) >= 11 is 13.0. The molecule has 2 saturated heterocycles. The summed E-state index contributed by atoms with van der Waals surface area (Å²) in [6, 6.07) is 21.5. The first-order valence-electron chi connectivity index (χ1n) is 32.3. The van der Waals surface area contributed by atoms with Gasteiger partial charge in [0.05, 0.1) is 98.0 Å². The fourth-order valence-electron chi connectivity index (χ4n) is 12.5. The summed E-state index contributed by atoms with van der Waals surface area (Å²) in [6.45, 7) is 10.3. The SMILES string of the molecule is Cc1cc(S(=O)(=O)NCCOCCOCCNC(=O)NCCCCNC(=O)NCCOCCOCCNS(=O)(=O)c2ccc(O[C@H]3c4cc(Cl)cc(C#N)c4C[C@@H]3N3CCC[C@@H](N(C)C)C3)c(C)c2)ccc1O[C@H]1c2cc(Cl)cc(C#N)c2CC1N1CCC[C@@H](N(C)C)C1. The number of carbonyl (C=O) groups excluding carboxylic acids is 2. The second-order valence-electron chi connectivity index (χ2n) is 24.6. The molecule has 4 amide bonds. The molecule has 1 unspecified atom stereocenters. The number of amides is 4. The summed E-state index contributed by atoms with van der Waals surface area (Å²) in [7, 11) is 0.669. The van der Waals surface area contributed by atoms with E-state index in [1.165, 1.54) is 12.1 Å². The second kappa shape index (κ2) is 35.9. The summed E-state index contributed by atoms with van der Waals surface area (Å²) < 4.78 is 94.1. The molecular weight excluding hydrogens is 1290 g/mol. The molecule has 514 valence electrons. The molecule has 2 aliphatic heterocycles. The van der Waals surface area contributed by atoms with E-state index in [4.69, 9.17) is 51.6 Å². The summed E-state index contributed by atoms with van der Waals surface area (Å²) in [5, 5.41) is 31.9. The first-order chi connectivity index (χ1) is 45.2. The van der Waals surface area contributed by atoms with Crippen molar-refractivity contribution in [3.8, 4) is 23.6 Å². The Hall–Kier alpha value is -5.92. The molecule has 2 heterocycles. The number of urea groups is 2. The van der Waals surface area contributed by atoms with Crippen molar-refractivity contribution in [2.75, 3.05) is 146 Å². The van der Waals surface area contributed by atoms with Crippen LogP contribution in [0.3, 0.4) is 0 Å². The number of likely N-dealkylation sites (tertiary alicyclic amines) is 2. The van der Waals surface area contributed by atoms with E-state index in [1.54, 1.807) is 36.4 Å². The minimum absolute atomic E-state index is 0.0241. The summed E-state index contributed by atoms with van der Waals surface area (Å²) in [6.07, 6.45) is 6.08. The Morgan fingerprint density at radius 2 is 0.915 bits per heavy atom. The number of likely N-dealkylation sites (N-methyl/N-ethyl adjacent to an activating group) is 2. The molecule has 4 aliphatic rings. The van der Waals surface area contributed by atoms with Crippen molar-refractivity contribution < 1.29 is 54.8 Å². The highest BCUT2D eigenvalue weighted by molar-refractivity contribution is 7.89. The van der Waals surface area contributed by atoms with Gasteiger partial charge in [0.2, 0.25) is 20.0 Å². The molecule has 2 fully saturated rings. The molecule has 6 N–H and O–H groups in total. The maximum absolute atomic E-state index is 13.3. The van der Waals surface area contributed by atoms with Gasteiger partial charge in [-0.05, 0) is 201 Å². The minimum atomic E-state index is -3.86. The van der Waals surface area contributed by atoms with Gasteiger partial charge in [-0.3, -0.25) is 9.80 Å². The van der Waals surface area contributed by atoms with Crippen LogP contribution in [0.15, 0.2) is 70.5 Å². The zero-order chi connectivity index (χ0) is 67.4. The number of nitriles is 2. The van der Waals surface area contributed by atoms with Crippen LogP contribution < -0.4 is 40.2 Å². The topological polar surface area (TPSA) is 291 Å². The molecule has 6 atom stereocenters. The lowest BCUT2D eigenvalue weighted by Crippen LogP contribution is -2.51. The maximum Gasteiger partial charge on any atom is 0.314 e. The molecule has 4 aromatic rings. The standard InChI is InChI=1S/C66H92Cl2N12O12S2/c1-45-33-53(13-15-61(45)91-63-57-37-49(67)35-47(41-69)55(57)39-59(63)79-23-9-11-51(43-79)77(3)4)93(83,84)75-21-27-89-31-29-87-25-19-73-65(81)71-17-7-8-18-72-66(82)74-20-26-88-30-32-90-28-22-76-94(85,86)54-14-16-62(46(2)34-54)92-64-58-38-50(68)36-48(42-70)56(58)40-60(64)80-24-10-12-52(44-80)78(5)6/h13-16,33-38,51-52,59-60,63-64,75-76H,7-12,17-32,39-40,43-44H2,1-6H3,(H2,71,73,81)(H2,72,74,82)/t51-,52-,59+,60?,63+,64+/m1/s1. The van der Waals surface area contributed by atoms with Crippen molar-refractivity contribution in [1.29, 1.82) is 10.5 Å². The van der Waals surface area contributed by atoms with E-state index in [0.29, 0.717) is 94.7 Å². The number of fused-ring (bicyclic) bond motifs is 2. The fourth-order valence-corrected chi connectivity index (χ4v) is 15.2. The average molecular weight is 1380 g/mol. The molecule has 8 rings (SSSR count). The summed E-state index contributed by atoms with van der Waals surface area (Å²) in [5.41, 5.74) is 6.04. The number of piperidine rings is 2. The zero-order valence-electron chi connectivity index (χ0n) is 54.8. The number of rotatable bonds is 35. The van der Waals surface area contributed by atoms with Gasteiger partial charge in [0.25, 0.3) is 0 Å². The third kappa shape index (κ3) is 20.8. The summed E-state index contributed by atoms with van der Waals surface area (Å²) in [5.74, 6) is 1.10. The number of nitrogens with zero attached hydrogens (tertiary/aromatic N) is 6. The van der Waals surface area contributed by atoms with E-state index in [0.717, 1.165) is 74.1 Å². The quantitative estimate of drug-likeness (QED) is 0.0280. The Balaban J connectivity index is 0.605. The van der Waals surface area contributed by atoms with E-state index < -0.39 is 32.3 Å². The van der Waals surface area contributed by atoms with E-state index in [-0.39, 0.29) is 113 Å². The molecule has 0 bridgehead atoms. The van der Waals surface area contributed by atoms with Crippen molar-refractivity contribution in [3.05, 3.63) is 115 Å². The molecule has 94 heavy (non-hydrogen) atoms. The number of sulfonamides is 2. The highest BCUT2D eigenvalue weighted by Gasteiger charge is 2.43. The predicted octanol–water partition coefficient (Wildman–Crippen LogP) is 6.20. The van der Waals surface area contributed by atoms with Gasteiger partial charge in [0.1, 0.15) is 23.7 Å².